The molecule has 1 saturated carbocycles. The third kappa shape index (κ3) is 8.86. The van der Waals surface area contributed by atoms with Crippen molar-refractivity contribution < 1.29 is 0 Å². The highest BCUT2D eigenvalue weighted by Crippen LogP contribution is 2.17. The number of rotatable bonds is 10. The monoisotopic (exact) mass is 291 g/mol. The molecule has 0 atom stereocenters. The minimum absolute atomic E-state index is 0.612. The van der Waals surface area contributed by atoms with E-state index >= 15 is 0 Å². The molecule has 3 heteroatoms. The van der Waals surface area contributed by atoms with Gasteiger partial charge < -0.3 is 16.4 Å². The Hall–Kier alpha value is -0.900. The molecule has 0 unspecified atom stereocenters. The second-order valence-corrected chi connectivity index (χ2v) is 5.98. The third-order valence-corrected chi connectivity index (χ3v) is 4.06. The molecule has 0 aromatic heterocycles. The summed E-state index contributed by atoms with van der Waals surface area (Å²) < 4.78 is 0. The molecule has 1 rings (SSSR count). The maximum atomic E-state index is 5.57. The Morgan fingerprint density at radius 2 is 1.95 bits per heavy atom. The molecule has 0 amide bonds. The zero-order valence-electron chi connectivity index (χ0n) is 13.7. The summed E-state index contributed by atoms with van der Waals surface area (Å²) >= 11 is 0. The van der Waals surface area contributed by atoms with Crippen molar-refractivity contribution in [2.45, 2.75) is 51.5 Å². The minimum Gasteiger partial charge on any atom is -0.327 e. The van der Waals surface area contributed by atoms with Gasteiger partial charge in [0.05, 0.1) is 0 Å². The van der Waals surface area contributed by atoms with E-state index < -0.39 is 0 Å². The largest absolute Gasteiger partial charge is 0.327 e. The van der Waals surface area contributed by atoms with Crippen molar-refractivity contribution in [1.82, 2.24) is 10.6 Å². The van der Waals surface area contributed by atoms with Gasteiger partial charge in [0.15, 0.2) is 0 Å². The van der Waals surface area contributed by atoms with E-state index in [9.17, 15) is 0 Å². The van der Waals surface area contributed by atoms with Gasteiger partial charge in [-0.15, -0.1) is 0 Å². The van der Waals surface area contributed by atoms with Gasteiger partial charge in [-0.1, -0.05) is 49.6 Å². The summed E-state index contributed by atoms with van der Waals surface area (Å²) in [4.78, 5) is 0. The number of allylic oxidation sites excluding steroid dienone is 2. The van der Waals surface area contributed by atoms with Crippen LogP contribution in [0.4, 0.5) is 0 Å². The molecule has 1 fully saturated rings. The quantitative estimate of drug-likeness (QED) is 0.428. The number of hydrogen-bond acceptors (Lipinski definition) is 3. The molecule has 0 heterocycles. The molecule has 120 valence electrons. The van der Waals surface area contributed by atoms with E-state index in [1.54, 1.807) is 0 Å². The van der Waals surface area contributed by atoms with Gasteiger partial charge in [0.2, 0.25) is 0 Å². The second kappa shape index (κ2) is 11.7. The molecule has 1 aliphatic rings. The number of hydrogen-bond donors (Lipinski definition) is 3. The van der Waals surface area contributed by atoms with E-state index in [0.717, 1.165) is 25.7 Å². The fourth-order valence-electron chi connectivity index (χ4n) is 2.58. The molecule has 0 aromatic carbocycles. The number of nitrogens with one attached hydrogen (secondary N) is 2. The zero-order chi connectivity index (χ0) is 15.3. The van der Waals surface area contributed by atoms with Crippen LogP contribution in [0.15, 0.2) is 36.0 Å². The molecule has 3 nitrogen and oxygen atoms in total. The van der Waals surface area contributed by atoms with Crippen LogP contribution in [0.5, 0.6) is 0 Å². The smallest absolute Gasteiger partial charge is 0.0205 e. The van der Waals surface area contributed by atoms with Crippen LogP contribution in [0.2, 0.25) is 0 Å². The molecule has 0 radical (unpaired) electrons. The van der Waals surface area contributed by atoms with E-state index in [1.165, 1.54) is 49.7 Å². The van der Waals surface area contributed by atoms with Crippen molar-refractivity contribution >= 4 is 0 Å². The first kappa shape index (κ1) is 18.1. The average molecular weight is 291 g/mol. The summed E-state index contributed by atoms with van der Waals surface area (Å²) in [6.07, 6.45) is 14.2. The summed E-state index contributed by atoms with van der Waals surface area (Å²) in [7, 11) is 0. The van der Waals surface area contributed by atoms with Gasteiger partial charge in [0.25, 0.3) is 0 Å². The van der Waals surface area contributed by atoms with Crippen molar-refractivity contribution in [1.29, 1.82) is 0 Å². The number of nitrogens with two attached hydrogens (primary N) is 1. The van der Waals surface area contributed by atoms with E-state index in [-0.39, 0.29) is 0 Å². The summed E-state index contributed by atoms with van der Waals surface area (Å²) in [6.45, 7) is 9.56. The molecule has 0 spiro atoms. The Bertz CT molecular complexity index is 338. The van der Waals surface area contributed by atoms with Gasteiger partial charge in [-0.05, 0) is 44.8 Å². The van der Waals surface area contributed by atoms with E-state index in [4.69, 9.17) is 5.73 Å². The highest BCUT2D eigenvalue weighted by molar-refractivity contribution is 5.25. The van der Waals surface area contributed by atoms with Crippen LogP contribution in [-0.2, 0) is 0 Å². The van der Waals surface area contributed by atoms with Gasteiger partial charge in [-0.3, -0.25) is 0 Å². The second-order valence-electron chi connectivity index (χ2n) is 5.98. The van der Waals surface area contributed by atoms with Crippen molar-refractivity contribution in [3.63, 3.8) is 0 Å². The Balaban J connectivity index is 2.07. The van der Waals surface area contributed by atoms with Crippen LogP contribution in [0.25, 0.3) is 0 Å². The summed E-state index contributed by atoms with van der Waals surface area (Å²) in [5.41, 5.74) is 7.97. The lowest BCUT2D eigenvalue weighted by atomic mass is 9.95. The van der Waals surface area contributed by atoms with Gasteiger partial charge in [-0.25, -0.2) is 0 Å². The Labute approximate surface area is 130 Å². The van der Waals surface area contributed by atoms with Crippen molar-refractivity contribution in [3.8, 4) is 0 Å². The lowest BCUT2D eigenvalue weighted by molar-refractivity contribution is 0.371. The first-order valence-electron chi connectivity index (χ1n) is 8.39. The average Bonchev–Trinajstić information content (AvgIpc) is 2.54. The Kier molecular flexibility index (Phi) is 10.1. The van der Waals surface area contributed by atoms with Crippen LogP contribution >= 0.6 is 0 Å². The molecule has 1 aliphatic carbocycles. The molecular formula is C18H33N3. The summed E-state index contributed by atoms with van der Waals surface area (Å²) in [6, 6.07) is 0.770. The first-order chi connectivity index (χ1) is 10.3. The maximum absolute atomic E-state index is 5.57. The van der Waals surface area contributed by atoms with Crippen LogP contribution in [-0.4, -0.2) is 32.2 Å². The van der Waals surface area contributed by atoms with Crippen molar-refractivity contribution in [2.75, 3.05) is 26.2 Å². The van der Waals surface area contributed by atoms with Crippen LogP contribution in [0.1, 0.15) is 45.4 Å². The van der Waals surface area contributed by atoms with Gasteiger partial charge >= 0.3 is 0 Å². The SMILES string of the molecule is C=C/C(=C\C=C(/C)CN)CNCCCNC1CCCCC1. The normalized spacial score (nSPS) is 18.0. The summed E-state index contributed by atoms with van der Waals surface area (Å²) in [5.74, 6) is 0. The van der Waals surface area contributed by atoms with Gasteiger partial charge in [0.1, 0.15) is 0 Å². The third-order valence-electron chi connectivity index (χ3n) is 4.06. The van der Waals surface area contributed by atoms with E-state index in [0.29, 0.717) is 6.54 Å². The molecule has 0 aromatic rings. The predicted octanol–water partition coefficient (Wildman–Crippen LogP) is 2.91. The molecule has 21 heavy (non-hydrogen) atoms. The fraction of sp³-hybridized carbons (Fsp3) is 0.667. The Morgan fingerprint density at radius 3 is 2.62 bits per heavy atom. The van der Waals surface area contributed by atoms with Crippen LogP contribution < -0.4 is 16.4 Å². The van der Waals surface area contributed by atoms with Crippen LogP contribution in [0.3, 0.4) is 0 Å². The molecule has 0 aliphatic heterocycles. The highest BCUT2D eigenvalue weighted by atomic mass is 14.9. The Morgan fingerprint density at radius 1 is 1.19 bits per heavy atom. The highest BCUT2D eigenvalue weighted by Gasteiger charge is 2.11. The zero-order valence-corrected chi connectivity index (χ0v) is 13.7. The van der Waals surface area contributed by atoms with Crippen molar-refractivity contribution in [2.24, 2.45) is 5.73 Å². The first-order valence-corrected chi connectivity index (χ1v) is 8.39. The topological polar surface area (TPSA) is 50.1 Å². The predicted molar refractivity (Wildman–Crippen MR) is 93.5 cm³/mol. The fourth-order valence-corrected chi connectivity index (χ4v) is 2.58. The minimum atomic E-state index is 0.612. The van der Waals surface area contributed by atoms with Crippen LogP contribution in [0, 0.1) is 0 Å². The maximum Gasteiger partial charge on any atom is 0.0205 e. The summed E-state index contributed by atoms with van der Waals surface area (Å²) in [5, 5.41) is 7.15. The van der Waals surface area contributed by atoms with Crippen molar-refractivity contribution in [3.05, 3.63) is 36.0 Å². The molecule has 4 N–H and O–H groups in total. The van der Waals surface area contributed by atoms with Gasteiger partial charge in [-0.2, -0.15) is 0 Å². The lowest BCUT2D eigenvalue weighted by Gasteiger charge is -2.22. The van der Waals surface area contributed by atoms with E-state index in [1.807, 2.05) is 13.0 Å². The standard InChI is InChI=1S/C18H33N3/c1-3-17(11-10-16(2)14-19)15-20-12-7-13-21-18-8-5-4-6-9-18/h3,10-11,18,20-21H,1,4-9,12-15,19H2,2H3/b16-10+,17-11+. The lowest BCUT2D eigenvalue weighted by Crippen LogP contribution is -2.33. The van der Waals surface area contributed by atoms with Gasteiger partial charge in [0, 0.05) is 19.1 Å². The van der Waals surface area contributed by atoms with E-state index in [2.05, 4.69) is 29.4 Å². The molecule has 0 saturated heterocycles. The molecular weight excluding hydrogens is 258 g/mol. The molecule has 0 bridgehead atoms.